The van der Waals surface area contributed by atoms with Gasteiger partial charge in [-0.3, -0.25) is 14.5 Å². The summed E-state index contributed by atoms with van der Waals surface area (Å²) < 4.78 is 19.2. The molecule has 1 atom stereocenters. The first kappa shape index (κ1) is 22.6. The Bertz CT molecular complexity index is 1300. The summed E-state index contributed by atoms with van der Waals surface area (Å²) in [4.78, 5) is 27.4. The number of nitrogens with zero attached hydrogens (tertiary/aromatic N) is 1. The molecular weight excluding hydrogens is 472 g/mol. The number of hydrogen-bond donors (Lipinski definition) is 2. The van der Waals surface area contributed by atoms with Crippen LogP contribution in [0.1, 0.15) is 17.2 Å². The second kappa shape index (κ2) is 8.77. The number of rotatable bonds is 4. The molecule has 9 heteroatoms. The highest BCUT2D eigenvalue weighted by Crippen LogP contribution is 2.44. The zero-order valence-electron chi connectivity index (χ0n) is 17.1. The Hall–Kier alpha value is -3.55. The van der Waals surface area contributed by atoms with E-state index >= 15 is 0 Å². The van der Waals surface area contributed by atoms with Crippen molar-refractivity contribution in [3.63, 3.8) is 0 Å². The van der Waals surface area contributed by atoms with Crippen molar-refractivity contribution in [2.45, 2.75) is 6.04 Å². The highest BCUT2D eigenvalue weighted by Gasteiger charge is 2.47. The van der Waals surface area contributed by atoms with E-state index in [0.29, 0.717) is 5.56 Å². The molecule has 1 saturated heterocycles. The number of carbonyl (C=O) groups excluding carboxylic acids is 2. The number of carbonyl (C=O) groups is 2. The van der Waals surface area contributed by atoms with Crippen molar-refractivity contribution in [1.29, 1.82) is 0 Å². The number of phenolic OH excluding ortho intramolecular Hbond substituents is 1. The summed E-state index contributed by atoms with van der Waals surface area (Å²) in [6.45, 7) is 0. The molecule has 0 radical (unpaired) electrons. The van der Waals surface area contributed by atoms with E-state index in [0.717, 1.165) is 17.0 Å². The average Bonchev–Trinajstić information content (AvgIpc) is 3.03. The summed E-state index contributed by atoms with van der Waals surface area (Å²) in [5, 5.41) is 21.6. The summed E-state index contributed by atoms with van der Waals surface area (Å²) in [7, 11) is 1.32. The molecule has 1 fully saturated rings. The second-order valence-corrected chi connectivity index (χ2v) is 8.11. The standard InChI is InChI=1S/C24H16Cl2FNO5/c1-33-19-6-5-15(27)11-18(19)22(30)20-21(12-3-2-4-17(29)7-12)28(24(32)23(20)31)16-9-13(25)8-14(26)10-16/h2-11,21,29-30H,1H3/b22-20+. The summed E-state index contributed by atoms with van der Waals surface area (Å²) in [6.07, 6.45) is 0. The van der Waals surface area contributed by atoms with Crippen molar-refractivity contribution in [3.8, 4) is 11.5 Å². The third kappa shape index (κ3) is 4.13. The van der Waals surface area contributed by atoms with E-state index in [4.69, 9.17) is 27.9 Å². The van der Waals surface area contributed by atoms with Crippen LogP contribution in [0.15, 0.2) is 66.2 Å². The van der Waals surface area contributed by atoms with Gasteiger partial charge in [-0.05, 0) is 54.1 Å². The van der Waals surface area contributed by atoms with Gasteiger partial charge in [-0.1, -0.05) is 35.3 Å². The van der Waals surface area contributed by atoms with Gasteiger partial charge in [-0.25, -0.2) is 4.39 Å². The minimum absolute atomic E-state index is 0.0977. The number of halogens is 3. The Morgan fingerprint density at radius 3 is 2.36 bits per heavy atom. The molecule has 0 bridgehead atoms. The summed E-state index contributed by atoms with van der Waals surface area (Å²) in [6, 6.07) is 12.5. The predicted molar refractivity (Wildman–Crippen MR) is 122 cm³/mol. The Balaban J connectivity index is 2.02. The number of methoxy groups -OCH3 is 1. The maximum atomic E-state index is 14.0. The fourth-order valence-electron chi connectivity index (χ4n) is 3.80. The van der Waals surface area contributed by atoms with Crippen LogP contribution in [0.5, 0.6) is 11.5 Å². The number of aromatic hydroxyl groups is 1. The highest BCUT2D eigenvalue weighted by molar-refractivity contribution is 6.52. The van der Waals surface area contributed by atoms with Gasteiger partial charge in [0.2, 0.25) is 0 Å². The maximum Gasteiger partial charge on any atom is 0.300 e. The first-order chi connectivity index (χ1) is 15.7. The van der Waals surface area contributed by atoms with Crippen LogP contribution in [0.4, 0.5) is 10.1 Å². The number of anilines is 1. The predicted octanol–water partition coefficient (Wildman–Crippen LogP) is 5.47. The number of ether oxygens (including phenoxy) is 1. The highest BCUT2D eigenvalue weighted by atomic mass is 35.5. The Morgan fingerprint density at radius 2 is 1.73 bits per heavy atom. The Kier molecular flexibility index (Phi) is 6.01. The van der Waals surface area contributed by atoms with Crippen LogP contribution < -0.4 is 9.64 Å². The third-order valence-electron chi connectivity index (χ3n) is 5.17. The fourth-order valence-corrected chi connectivity index (χ4v) is 4.31. The van der Waals surface area contributed by atoms with Crippen molar-refractivity contribution in [2.75, 3.05) is 12.0 Å². The van der Waals surface area contributed by atoms with E-state index in [2.05, 4.69) is 0 Å². The molecule has 1 unspecified atom stereocenters. The van der Waals surface area contributed by atoms with Crippen molar-refractivity contribution in [2.24, 2.45) is 0 Å². The minimum Gasteiger partial charge on any atom is -0.508 e. The molecule has 3 aromatic rings. The lowest BCUT2D eigenvalue weighted by atomic mass is 9.94. The molecule has 1 aliphatic heterocycles. The van der Waals surface area contributed by atoms with Gasteiger partial charge in [0, 0.05) is 15.7 Å². The molecule has 0 spiro atoms. The first-order valence-corrected chi connectivity index (χ1v) is 10.4. The minimum atomic E-state index is -1.17. The summed E-state index contributed by atoms with van der Waals surface area (Å²) in [5.74, 6) is -3.30. The maximum absolute atomic E-state index is 14.0. The van der Waals surface area contributed by atoms with Gasteiger partial charge < -0.3 is 14.9 Å². The molecule has 6 nitrogen and oxygen atoms in total. The molecule has 168 valence electrons. The van der Waals surface area contributed by atoms with E-state index < -0.39 is 29.3 Å². The second-order valence-electron chi connectivity index (χ2n) is 7.24. The summed E-state index contributed by atoms with van der Waals surface area (Å²) >= 11 is 12.2. The fraction of sp³-hybridized carbons (Fsp3) is 0.0833. The van der Waals surface area contributed by atoms with Gasteiger partial charge in [-0.15, -0.1) is 0 Å². The van der Waals surface area contributed by atoms with E-state index in [-0.39, 0.29) is 38.4 Å². The monoisotopic (exact) mass is 487 g/mol. The number of hydrogen-bond acceptors (Lipinski definition) is 5. The van der Waals surface area contributed by atoms with Gasteiger partial charge in [0.25, 0.3) is 11.7 Å². The quantitative estimate of drug-likeness (QED) is 0.289. The molecule has 0 aromatic heterocycles. The molecule has 1 aliphatic rings. The van der Waals surface area contributed by atoms with Gasteiger partial charge >= 0.3 is 0 Å². The number of ketones is 1. The van der Waals surface area contributed by atoms with Crippen molar-refractivity contribution >= 4 is 46.3 Å². The van der Waals surface area contributed by atoms with Crippen LogP contribution in [-0.4, -0.2) is 29.0 Å². The van der Waals surface area contributed by atoms with Gasteiger partial charge in [0.05, 0.1) is 24.3 Å². The molecular formula is C24H16Cl2FNO5. The van der Waals surface area contributed by atoms with Crippen molar-refractivity contribution in [1.82, 2.24) is 0 Å². The number of aliphatic hydroxyl groups excluding tert-OH is 1. The van der Waals surface area contributed by atoms with Gasteiger partial charge in [0.15, 0.2) is 0 Å². The van der Waals surface area contributed by atoms with Crippen molar-refractivity contribution in [3.05, 3.63) is 93.2 Å². The van der Waals surface area contributed by atoms with E-state index in [1.807, 2.05) is 0 Å². The average molecular weight is 488 g/mol. The molecule has 33 heavy (non-hydrogen) atoms. The van der Waals surface area contributed by atoms with Gasteiger partial charge in [-0.2, -0.15) is 0 Å². The number of aliphatic hydroxyl groups is 1. The van der Waals surface area contributed by atoms with Crippen LogP contribution in [0, 0.1) is 5.82 Å². The van der Waals surface area contributed by atoms with Crippen LogP contribution in [-0.2, 0) is 9.59 Å². The normalized spacial score (nSPS) is 17.5. The van der Waals surface area contributed by atoms with Crippen LogP contribution >= 0.6 is 23.2 Å². The van der Waals surface area contributed by atoms with E-state index in [1.165, 1.54) is 49.6 Å². The molecule has 3 aromatic carbocycles. The van der Waals surface area contributed by atoms with Crippen molar-refractivity contribution < 1.29 is 28.9 Å². The molecule has 4 rings (SSSR count). The van der Waals surface area contributed by atoms with Gasteiger partial charge in [0.1, 0.15) is 23.1 Å². The lowest BCUT2D eigenvalue weighted by molar-refractivity contribution is -0.132. The largest absolute Gasteiger partial charge is 0.508 e. The van der Waals surface area contributed by atoms with E-state index in [1.54, 1.807) is 6.07 Å². The third-order valence-corrected chi connectivity index (χ3v) is 5.61. The summed E-state index contributed by atoms with van der Waals surface area (Å²) in [5.41, 5.74) is 0.103. The van der Waals surface area contributed by atoms with E-state index in [9.17, 15) is 24.2 Å². The smallest absolute Gasteiger partial charge is 0.300 e. The molecule has 0 saturated carbocycles. The first-order valence-electron chi connectivity index (χ1n) is 9.61. The Morgan fingerprint density at radius 1 is 1.03 bits per heavy atom. The zero-order chi connectivity index (χ0) is 23.9. The molecule has 0 aliphatic carbocycles. The SMILES string of the molecule is COc1ccc(F)cc1/C(O)=C1\C(=O)C(=O)N(c2cc(Cl)cc(Cl)c2)C1c1cccc(O)c1. The zero-order valence-corrected chi connectivity index (χ0v) is 18.6. The lowest BCUT2D eigenvalue weighted by Gasteiger charge is -2.26. The number of benzene rings is 3. The molecule has 2 N–H and O–H groups in total. The van der Waals surface area contributed by atoms with Crippen LogP contribution in [0.25, 0.3) is 5.76 Å². The number of phenols is 1. The lowest BCUT2D eigenvalue weighted by Crippen LogP contribution is -2.29. The molecule has 1 amide bonds. The topological polar surface area (TPSA) is 87.1 Å². The number of Topliss-reactive ketones (excluding diaryl/α,β-unsaturated/α-hetero) is 1. The molecule has 1 heterocycles. The van der Waals surface area contributed by atoms with Crippen LogP contribution in [0.2, 0.25) is 10.0 Å². The number of amides is 1. The van der Waals surface area contributed by atoms with Crippen LogP contribution in [0.3, 0.4) is 0 Å². The Labute approximate surface area is 198 Å².